The molecular formula is C17H25F3O5Si. The van der Waals surface area contributed by atoms with Crippen LogP contribution in [0.1, 0.15) is 20.3 Å². The zero-order valence-electron chi connectivity index (χ0n) is 15.6. The fourth-order valence-electron chi connectivity index (χ4n) is 1.88. The summed E-state index contributed by atoms with van der Waals surface area (Å²) in [5, 5.41) is 10.2. The first-order chi connectivity index (χ1) is 11.8. The summed E-state index contributed by atoms with van der Waals surface area (Å²) in [6.45, 7) is 8.23. The van der Waals surface area contributed by atoms with E-state index in [1.807, 2.05) is 19.6 Å². The van der Waals surface area contributed by atoms with Crippen molar-refractivity contribution in [1.82, 2.24) is 0 Å². The molecule has 2 atom stereocenters. The van der Waals surface area contributed by atoms with Gasteiger partial charge in [0.1, 0.15) is 8.07 Å². The lowest BCUT2D eigenvalue weighted by atomic mass is 9.84. The molecule has 0 amide bonds. The predicted molar refractivity (Wildman–Crippen MR) is 92.6 cm³/mol. The van der Waals surface area contributed by atoms with Gasteiger partial charge in [0.15, 0.2) is 0 Å². The Kier molecular flexibility index (Phi) is 9.11. The van der Waals surface area contributed by atoms with Gasteiger partial charge in [-0.25, -0.2) is 9.59 Å². The molecule has 5 nitrogen and oxygen atoms in total. The van der Waals surface area contributed by atoms with E-state index in [1.165, 1.54) is 13.8 Å². The molecular weight excluding hydrogens is 369 g/mol. The SMILES string of the molecule is CCOC(=O)/C=C/C(CC#C[Si](C)(C)C)C(O)(C(=O)OCC)C(F)(F)F. The molecule has 0 radical (unpaired) electrons. The van der Waals surface area contributed by atoms with E-state index in [0.717, 1.165) is 12.2 Å². The fraction of sp³-hybridized carbons (Fsp3) is 0.647. The first-order valence-corrected chi connectivity index (χ1v) is 11.6. The zero-order valence-corrected chi connectivity index (χ0v) is 16.6. The molecule has 0 aromatic carbocycles. The summed E-state index contributed by atoms with van der Waals surface area (Å²) in [5.41, 5.74) is -0.951. The van der Waals surface area contributed by atoms with E-state index < -0.39 is 44.1 Å². The molecule has 0 aliphatic heterocycles. The highest BCUT2D eigenvalue weighted by molar-refractivity contribution is 6.83. The molecule has 148 valence electrons. The Morgan fingerprint density at radius 2 is 1.69 bits per heavy atom. The summed E-state index contributed by atoms with van der Waals surface area (Å²) in [6, 6.07) is 0. The van der Waals surface area contributed by atoms with Crippen LogP contribution in [0.25, 0.3) is 0 Å². The Balaban J connectivity index is 5.98. The van der Waals surface area contributed by atoms with Crippen LogP contribution in [0, 0.1) is 17.4 Å². The number of aliphatic hydroxyl groups is 1. The minimum Gasteiger partial charge on any atom is -0.464 e. The maximum Gasteiger partial charge on any atom is 0.428 e. The largest absolute Gasteiger partial charge is 0.464 e. The molecule has 0 fully saturated rings. The van der Waals surface area contributed by atoms with E-state index in [2.05, 4.69) is 20.9 Å². The van der Waals surface area contributed by atoms with Gasteiger partial charge in [-0.2, -0.15) is 13.2 Å². The van der Waals surface area contributed by atoms with Crippen LogP contribution < -0.4 is 0 Å². The zero-order chi connectivity index (χ0) is 20.6. The van der Waals surface area contributed by atoms with Gasteiger partial charge in [-0.3, -0.25) is 0 Å². The molecule has 1 N–H and O–H groups in total. The van der Waals surface area contributed by atoms with Gasteiger partial charge in [0.2, 0.25) is 0 Å². The van der Waals surface area contributed by atoms with Crippen molar-refractivity contribution < 1.29 is 37.3 Å². The minimum absolute atomic E-state index is 0.0324. The Labute approximate surface area is 152 Å². The van der Waals surface area contributed by atoms with Crippen LogP contribution in [0.2, 0.25) is 19.6 Å². The second kappa shape index (κ2) is 9.78. The molecule has 0 spiro atoms. The van der Waals surface area contributed by atoms with Crippen LogP contribution in [0.4, 0.5) is 13.2 Å². The third kappa shape index (κ3) is 7.21. The van der Waals surface area contributed by atoms with E-state index in [9.17, 15) is 27.9 Å². The maximum atomic E-state index is 13.5. The molecule has 0 aromatic heterocycles. The summed E-state index contributed by atoms with van der Waals surface area (Å²) in [6.07, 6.45) is -4.25. The quantitative estimate of drug-likeness (QED) is 0.311. The van der Waals surface area contributed by atoms with Crippen molar-refractivity contribution in [1.29, 1.82) is 0 Å². The third-order valence-electron chi connectivity index (χ3n) is 3.09. The van der Waals surface area contributed by atoms with E-state index >= 15 is 0 Å². The average molecular weight is 394 g/mol. The van der Waals surface area contributed by atoms with Gasteiger partial charge in [-0.1, -0.05) is 25.7 Å². The minimum atomic E-state index is -5.32. The second-order valence-electron chi connectivity index (χ2n) is 6.46. The second-order valence-corrected chi connectivity index (χ2v) is 11.2. The van der Waals surface area contributed by atoms with Crippen molar-refractivity contribution in [3.63, 3.8) is 0 Å². The molecule has 0 aliphatic carbocycles. The van der Waals surface area contributed by atoms with Crippen LogP contribution in [0.3, 0.4) is 0 Å². The lowest BCUT2D eigenvalue weighted by Crippen LogP contribution is -2.57. The summed E-state index contributed by atoms with van der Waals surface area (Å²) in [5.74, 6) is -1.95. The van der Waals surface area contributed by atoms with Crippen molar-refractivity contribution in [2.24, 2.45) is 5.92 Å². The molecule has 0 aromatic rings. The van der Waals surface area contributed by atoms with Gasteiger partial charge in [-0.05, 0) is 13.8 Å². The van der Waals surface area contributed by atoms with Crippen molar-refractivity contribution >= 4 is 20.0 Å². The number of esters is 2. The van der Waals surface area contributed by atoms with Crippen LogP contribution in [-0.4, -0.2) is 50.1 Å². The van der Waals surface area contributed by atoms with Gasteiger partial charge in [0.05, 0.1) is 13.2 Å². The van der Waals surface area contributed by atoms with Gasteiger partial charge in [0.25, 0.3) is 5.60 Å². The normalized spacial score (nSPS) is 15.6. The van der Waals surface area contributed by atoms with E-state index in [4.69, 9.17) is 0 Å². The van der Waals surface area contributed by atoms with Crippen molar-refractivity contribution in [3.05, 3.63) is 12.2 Å². The summed E-state index contributed by atoms with van der Waals surface area (Å²) >= 11 is 0. The van der Waals surface area contributed by atoms with Crippen LogP contribution in [0.5, 0.6) is 0 Å². The Bertz CT molecular complexity index is 584. The van der Waals surface area contributed by atoms with Crippen molar-refractivity contribution in [2.75, 3.05) is 13.2 Å². The number of ether oxygens (including phenoxy) is 2. The maximum absolute atomic E-state index is 13.5. The van der Waals surface area contributed by atoms with Crippen LogP contribution in [0.15, 0.2) is 12.2 Å². The number of rotatable bonds is 7. The monoisotopic (exact) mass is 394 g/mol. The van der Waals surface area contributed by atoms with Gasteiger partial charge < -0.3 is 14.6 Å². The lowest BCUT2D eigenvalue weighted by Gasteiger charge is -2.33. The summed E-state index contributed by atoms with van der Waals surface area (Å²) in [4.78, 5) is 23.3. The number of hydrogen-bond donors (Lipinski definition) is 1. The van der Waals surface area contributed by atoms with Crippen molar-refractivity contribution in [3.8, 4) is 11.5 Å². The molecule has 26 heavy (non-hydrogen) atoms. The van der Waals surface area contributed by atoms with Crippen LogP contribution >= 0.6 is 0 Å². The Hall–Kier alpha value is -1.79. The van der Waals surface area contributed by atoms with Crippen LogP contribution in [-0.2, 0) is 19.1 Å². The topological polar surface area (TPSA) is 72.8 Å². The molecule has 9 heteroatoms. The third-order valence-corrected chi connectivity index (χ3v) is 4.02. The molecule has 0 bridgehead atoms. The highest BCUT2D eigenvalue weighted by Gasteiger charge is 2.64. The number of alkyl halides is 3. The number of hydrogen-bond acceptors (Lipinski definition) is 5. The van der Waals surface area contributed by atoms with Gasteiger partial charge in [0, 0.05) is 18.4 Å². The molecule has 2 unspecified atom stereocenters. The Morgan fingerprint density at radius 1 is 1.15 bits per heavy atom. The molecule has 0 heterocycles. The predicted octanol–water partition coefficient (Wildman–Crippen LogP) is 2.85. The van der Waals surface area contributed by atoms with Crippen molar-refractivity contribution in [2.45, 2.75) is 51.7 Å². The smallest absolute Gasteiger partial charge is 0.428 e. The van der Waals surface area contributed by atoms with E-state index in [0.29, 0.717) is 0 Å². The average Bonchev–Trinajstić information content (AvgIpc) is 2.48. The molecule has 0 saturated carbocycles. The number of carbonyl (C=O) groups excluding carboxylic acids is 2. The lowest BCUT2D eigenvalue weighted by molar-refractivity contribution is -0.273. The highest BCUT2D eigenvalue weighted by Crippen LogP contribution is 2.39. The van der Waals surface area contributed by atoms with Gasteiger partial charge >= 0.3 is 18.1 Å². The molecule has 0 rings (SSSR count). The summed E-state index contributed by atoms with van der Waals surface area (Å²) in [7, 11) is -1.88. The Morgan fingerprint density at radius 3 is 2.12 bits per heavy atom. The molecule has 0 aliphatic rings. The van der Waals surface area contributed by atoms with E-state index in [1.54, 1.807) is 0 Å². The first kappa shape index (κ1) is 24.2. The molecule has 0 saturated heterocycles. The standard InChI is InChI=1S/C17H25F3O5Si/c1-6-24-14(21)11-10-13(9-8-12-26(3,4)5)16(23,17(18,19)20)15(22)25-7-2/h10-11,13,23H,6-7,9H2,1-5H3/b11-10+. The number of carbonyl (C=O) groups is 2. The summed E-state index contributed by atoms with van der Waals surface area (Å²) < 4.78 is 49.6. The van der Waals surface area contributed by atoms with E-state index in [-0.39, 0.29) is 13.2 Å². The number of halogens is 3. The highest BCUT2D eigenvalue weighted by atomic mass is 28.3. The first-order valence-electron chi connectivity index (χ1n) is 8.10. The fourth-order valence-corrected chi connectivity index (χ4v) is 2.52. The van der Waals surface area contributed by atoms with Gasteiger partial charge in [-0.15, -0.1) is 11.5 Å².